The Balaban J connectivity index is 0. The zero-order valence-corrected chi connectivity index (χ0v) is 7.64. The molecule has 9 heavy (non-hydrogen) atoms. The Kier molecular flexibility index (Phi) is 4.62. The molecule has 0 spiro atoms. The molecule has 0 atom stereocenters. The third-order valence-corrected chi connectivity index (χ3v) is 1.13. The number of rotatable bonds is 1. The second-order valence-corrected chi connectivity index (χ2v) is 1.81. The van der Waals surface area contributed by atoms with Crippen LogP contribution in [-0.4, -0.2) is 10.2 Å². The fourth-order valence-electron chi connectivity index (χ4n) is 0.275. The summed E-state index contributed by atoms with van der Waals surface area (Å²) in [5, 5.41) is 17.9. The molecule has 1 rings (SSSR count). The maximum Gasteiger partial charge on any atom is 1.00 e. The number of nitriles is 1. The molecule has 0 aliphatic heterocycles. The Morgan fingerprint density at radius 3 is 3.11 bits per heavy atom. The predicted octanol–water partition coefficient (Wildman–Crippen LogP) is -2.45. The smallest absolute Gasteiger partial charge is 1.00 e. The van der Waals surface area contributed by atoms with E-state index >= 15 is 0 Å². The van der Waals surface area contributed by atoms with Crippen molar-refractivity contribution in [3.05, 3.63) is 5.51 Å². The number of nitrogens with zero attached hydrogens (tertiary/aromatic N) is 3. The maximum atomic E-state index is 8.02. The normalized spacial score (nSPS) is 7.00. The molecule has 0 unspecified atom stereocenters. The van der Waals surface area contributed by atoms with E-state index < -0.39 is 0 Å². The zero-order valence-electron chi connectivity index (χ0n) is 5.83. The van der Waals surface area contributed by atoms with Gasteiger partial charge in [-0.3, -0.25) is 5.32 Å². The van der Waals surface area contributed by atoms with E-state index in [1.165, 1.54) is 11.3 Å². The third-order valence-electron chi connectivity index (χ3n) is 0.523. The number of hydrogen-bond acceptors (Lipinski definition) is 5. The quantitative estimate of drug-likeness (QED) is 0.274. The molecule has 0 aliphatic rings. The first-order chi connectivity index (χ1) is 3.93. The standard InChI is InChI=1S/C3H2N4S.Na.H/c4-1-5-3-7-6-2-8-3;;/h2H,(H,5,7);;/q;+1;-1. The molecule has 42 valence electrons. The second kappa shape index (κ2) is 4.70. The van der Waals surface area contributed by atoms with E-state index in [-0.39, 0.29) is 31.0 Å². The second-order valence-electron chi connectivity index (χ2n) is 0.981. The van der Waals surface area contributed by atoms with Crippen LogP contribution in [0.2, 0.25) is 0 Å². The molecule has 0 radical (unpaired) electrons. The van der Waals surface area contributed by atoms with Crippen LogP contribution < -0.4 is 34.9 Å². The molecule has 1 aromatic heterocycles. The minimum Gasteiger partial charge on any atom is -1.00 e. The van der Waals surface area contributed by atoms with E-state index in [0.717, 1.165) is 0 Å². The summed E-state index contributed by atoms with van der Waals surface area (Å²) in [4.78, 5) is 0. The van der Waals surface area contributed by atoms with Crippen molar-refractivity contribution in [3.63, 3.8) is 0 Å². The fraction of sp³-hybridized carbons (Fsp3) is 0. The van der Waals surface area contributed by atoms with Crippen molar-refractivity contribution < 1.29 is 31.0 Å². The van der Waals surface area contributed by atoms with Crippen molar-refractivity contribution >= 4 is 16.5 Å². The average molecular weight is 150 g/mol. The van der Waals surface area contributed by atoms with Crippen molar-refractivity contribution in [2.75, 3.05) is 5.32 Å². The van der Waals surface area contributed by atoms with Gasteiger partial charge in [0.05, 0.1) is 0 Å². The Hall–Kier alpha value is -0.150. The van der Waals surface area contributed by atoms with E-state index in [0.29, 0.717) is 5.13 Å². The van der Waals surface area contributed by atoms with E-state index in [9.17, 15) is 0 Å². The van der Waals surface area contributed by atoms with Crippen LogP contribution in [0.5, 0.6) is 0 Å². The summed E-state index contributed by atoms with van der Waals surface area (Å²) >= 11 is 1.29. The summed E-state index contributed by atoms with van der Waals surface area (Å²) in [5.41, 5.74) is 1.56. The summed E-state index contributed by atoms with van der Waals surface area (Å²) in [6, 6.07) is 0. The van der Waals surface area contributed by atoms with E-state index in [1.807, 2.05) is 0 Å². The summed E-state index contributed by atoms with van der Waals surface area (Å²) in [5.74, 6) is 0. The fourth-order valence-corrected chi connectivity index (χ4v) is 0.668. The number of anilines is 1. The number of nitrogens with one attached hydrogen (secondary N) is 1. The van der Waals surface area contributed by atoms with Gasteiger partial charge in [-0.05, 0) is 0 Å². The van der Waals surface area contributed by atoms with Gasteiger partial charge < -0.3 is 1.43 Å². The van der Waals surface area contributed by atoms with Gasteiger partial charge >= 0.3 is 29.6 Å². The van der Waals surface area contributed by atoms with E-state index in [2.05, 4.69) is 15.5 Å². The van der Waals surface area contributed by atoms with Crippen molar-refractivity contribution in [2.45, 2.75) is 0 Å². The van der Waals surface area contributed by atoms with Crippen molar-refractivity contribution in [1.82, 2.24) is 10.2 Å². The largest absolute Gasteiger partial charge is 1.00 e. The van der Waals surface area contributed by atoms with Gasteiger partial charge in [0, 0.05) is 0 Å². The van der Waals surface area contributed by atoms with Crippen molar-refractivity contribution in [1.29, 1.82) is 5.26 Å². The molecule has 0 amide bonds. The molecule has 0 bridgehead atoms. The molecule has 1 aromatic rings. The monoisotopic (exact) mass is 150 g/mol. The van der Waals surface area contributed by atoms with Gasteiger partial charge in [-0.1, -0.05) is 11.3 Å². The van der Waals surface area contributed by atoms with E-state index in [4.69, 9.17) is 5.26 Å². The molecule has 1 N–H and O–H groups in total. The molecule has 0 aromatic carbocycles. The van der Waals surface area contributed by atoms with Gasteiger partial charge in [-0.15, -0.1) is 10.2 Å². The third kappa shape index (κ3) is 2.77. The summed E-state index contributed by atoms with van der Waals surface area (Å²) in [6.07, 6.45) is 1.73. The van der Waals surface area contributed by atoms with Gasteiger partial charge in [0.1, 0.15) is 5.51 Å². The first-order valence-electron chi connectivity index (χ1n) is 1.85. The molecule has 0 fully saturated rings. The Labute approximate surface area is 79.7 Å². The molecular weight excluding hydrogens is 147 g/mol. The Morgan fingerprint density at radius 1 is 1.89 bits per heavy atom. The van der Waals surface area contributed by atoms with Crippen molar-refractivity contribution in [3.8, 4) is 6.19 Å². The summed E-state index contributed by atoms with van der Waals surface area (Å²) in [7, 11) is 0. The average Bonchev–Trinajstić information content (AvgIpc) is 2.19. The van der Waals surface area contributed by atoms with Crippen molar-refractivity contribution in [2.24, 2.45) is 0 Å². The first kappa shape index (κ1) is 8.85. The Bertz CT molecular complexity index is 195. The minimum atomic E-state index is 0. The van der Waals surface area contributed by atoms with Gasteiger partial charge in [0.25, 0.3) is 0 Å². The molecule has 4 nitrogen and oxygen atoms in total. The zero-order chi connectivity index (χ0) is 5.82. The van der Waals surface area contributed by atoms with Crippen LogP contribution in [0.1, 0.15) is 1.43 Å². The number of aromatic nitrogens is 2. The topological polar surface area (TPSA) is 61.6 Å². The maximum absolute atomic E-state index is 8.02. The molecule has 1 heterocycles. The first-order valence-corrected chi connectivity index (χ1v) is 2.72. The molecular formula is C3H3N4NaS. The molecule has 0 saturated heterocycles. The SMILES string of the molecule is N#CNc1nncs1.[H-].[Na+]. The molecule has 6 heteroatoms. The van der Waals surface area contributed by atoms with E-state index in [1.54, 1.807) is 11.7 Å². The van der Waals surface area contributed by atoms with Gasteiger partial charge in [0.15, 0.2) is 6.19 Å². The van der Waals surface area contributed by atoms with Crippen LogP contribution in [0.4, 0.5) is 5.13 Å². The molecule has 0 saturated carbocycles. The van der Waals surface area contributed by atoms with Crippen LogP contribution in [0.3, 0.4) is 0 Å². The number of hydrogen-bond donors (Lipinski definition) is 1. The van der Waals surface area contributed by atoms with Crippen LogP contribution >= 0.6 is 11.3 Å². The van der Waals surface area contributed by atoms with Gasteiger partial charge in [-0.25, -0.2) is 0 Å². The van der Waals surface area contributed by atoms with Gasteiger partial charge in [-0.2, -0.15) is 5.26 Å². The van der Waals surface area contributed by atoms with Crippen LogP contribution in [0.25, 0.3) is 0 Å². The van der Waals surface area contributed by atoms with Gasteiger partial charge in [0.2, 0.25) is 5.13 Å². The summed E-state index contributed by atoms with van der Waals surface area (Å²) in [6.45, 7) is 0. The minimum absolute atomic E-state index is 0. The van der Waals surface area contributed by atoms with Crippen LogP contribution in [0, 0.1) is 11.5 Å². The predicted molar refractivity (Wildman–Crippen MR) is 30.3 cm³/mol. The Morgan fingerprint density at radius 2 is 2.67 bits per heavy atom. The van der Waals surface area contributed by atoms with Crippen LogP contribution in [-0.2, 0) is 0 Å². The van der Waals surface area contributed by atoms with Crippen LogP contribution in [0.15, 0.2) is 5.51 Å². The summed E-state index contributed by atoms with van der Waals surface area (Å²) < 4.78 is 0. The molecule has 0 aliphatic carbocycles.